The summed E-state index contributed by atoms with van der Waals surface area (Å²) >= 11 is 0. The Balaban J connectivity index is 2.08. The number of carboxylic acid groups (broad SMARTS) is 1. The third-order valence-corrected chi connectivity index (χ3v) is 4.18. The number of carbonyl (C=O) groups excluding carboxylic acids is 2. The normalized spacial score (nSPS) is 10.5. The maximum atomic E-state index is 12.4. The number of hydrogen-bond acceptors (Lipinski definition) is 4. The van der Waals surface area contributed by atoms with Gasteiger partial charge in [0.05, 0.1) is 6.54 Å². The number of nitrogens with one attached hydrogen (secondary N) is 1. The maximum Gasteiger partial charge on any atom is 0.339 e. The number of benzene rings is 1. The molecule has 0 saturated heterocycles. The third kappa shape index (κ3) is 4.11. The van der Waals surface area contributed by atoms with E-state index in [1.165, 1.54) is 18.0 Å². The van der Waals surface area contributed by atoms with Gasteiger partial charge in [0.25, 0.3) is 5.91 Å². The average molecular weight is 358 g/mol. The second-order valence-electron chi connectivity index (χ2n) is 6.06. The van der Waals surface area contributed by atoms with E-state index in [9.17, 15) is 14.4 Å². The van der Waals surface area contributed by atoms with Crippen molar-refractivity contribution in [2.45, 2.75) is 27.2 Å². The molecule has 0 fully saturated rings. The topological polar surface area (TPSA) is 99.9 Å². The highest BCUT2D eigenvalue weighted by molar-refractivity contribution is 6.00. The number of likely N-dealkylation sites (N-methyl/N-ethyl adjacent to an activating group) is 1. The zero-order chi connectivity index (χ0) is 19.4. The number of carboxylic acids is 1. The molecule has 0 aliphatic carbocycles. The van der Waals surface area contributed by atoms with Gasteiger partial charge >= 0.3 is 5.97 Å². The summed E-state index contributed by atoms with van der Waals surface area (Å²) in [5.74, 6) is -1.92. The molecule has 1 aromatic heterocycles. The minimum atomic E-state index is -1.15. The molecule has 2 aromatic rings. The molecule has 0 bridgehead atoms. The van der Waals surface area contributed by atoms with Gasteiger partial charge in [0, 0.05) is 25.2 Å². The van der Waals surface area contributed by atoms with Crippen molar-refractivity contribution in [2.24, 2.45) is 0 Å². The van der Waals surface area contributed by atoms with Crippen LogP contribution in [0.5, 0.6) is 0 Å². The van der Waals surface area contributed by atoms with E-state index in [1.54, 1.807) is 13.0 Å². The third-order valence-electron chi connectivity index (χ3n) is 4.18. The molecule has 2 rings (SSSR count). The zero-order valence-electron chi connectivity index (χ0n) is 15.3. The Hall–Kier alpha value is -3.09. The molecule has 26 heavy (non-hydrogen) atoms. The summed E-state index contributed by atoms with van der Waals surface area (Å²) in [4.78, 5) is 37.0. The van der Waals surface area contributed by atoms with Crippen LogP contribution in [-0.2, 0) is 11.2 Å². The molecule has 2 N–H and O–H groups in total. The van der Waals surface area contributed by atoms with Crippen molar-refractivity contribution in [3.8, 4) is 0 Å². The van der Waals surface area contributed by atoms with Crippen molar-refractivity contribution in [1.29, 1.82) is 0 Å². The fourth-order valence-corrected chi connectivity index (χ4v) is 2.53. The summed E-state index contributed by atoms with van der Waals surface area (Å²) in [6.45, 7) is 5.41. The van der Waals surface area contributed by atoms with Gasteiger partial charge in [-0.15, -0.1) is 0 Å². The van der Waals surface area contributed by atoms with Gasteiger partial charge < -0.3 is 19.7 Å². The first-order valence-corrected chi connectivity index (χ1v) is 8.22. The molecular formula is C19H22N2O5. The lowest BCUT2D eigenvalue weighted by atomic mass is 10.1. The molecule has 0 unspecified atom stereocenters. The molecule has 2 amide bonds. The Kier molecular flexibility index (Phi) is 5.82. The Bertz CT molecular complexity index is 854. The highest BCUT2D eigenvalue weighted by Gasteiger charge is 2.23. The summed E-state index contributed by atoms with van der Waals surface area (Å²) in [5, 5.41) is 11.9. The predicted octanol–water partition coefficient (Wildman–Crippen LogP) is 2.87. The highest BCUT2D eigenvalue weighted by atomic mass is 16.4. The molecule has 1 heterocycles. The molecule has 1 aromatic carbocycles. The van der Waals surface area contributed by atoms with Crippen molar-refractivity contribution in [3.63, 3.8) is 0 Å². The summed E-state index contributed by atoms with van der Waals surface area (Å²) < 4.78 is 5.34. The largest absolute Gasteiger partial charge is 0.478 e. The van der Waals surface area contributed by atoms with Crippen LogP contribution in [0.25, 0.3) is 0 Å². The first-order chi connectivity index (χ1) is 12.2. The zero-order valence-corrected chi connectivity index (χ0v) is 15.3. The Morgan fingerprint density at radius 2 is 1.92 bits per heavy atom. The molecule has 0 aliphatic heterocycles. The Labute approximate surface area is 151 Å². The van der Waals surface area contributed by atoms with Gasteiger partial charge in [0.1, 0.15) is 11.3 Å². The summed E-state index contributed by atoms with van der Waals surface area (Å²) in [7, 11) is 1.46. The van der Waals surface area contributed by atoms with E-state index in [4.69, 9.17) is 9.52 Å². The SMILES string of the molecule is CCc1oc(C(=O)N(C)CC(=O)Nc2cccc(C)c2C)cc1C(=O)O. The molecular weight excluding hydrogens is 336 g/mol. The smallest absolute Gasteiger partial charge is 0.339 e. The van der Waals surface area contributed by atoms with Crippen LogP contribution >= 0.6 is 0 Å². The molecule has 138 valence electrons. The van der Waals surface area contributed by atoms with Gasteiger partial charge in [-0.1, -0.05) is 19.1 Å². The summed E-state index contributed by atoms with van der Waals surface area (Å²) in [5.41, 5.74) is 2.66. The number of amides is 2. The number of rotatable bonds is 6. The van der Waals surface area contributed by atoms with Gasteiger partial charge in [-0.3, -0.25) is 9.59 Å². The van der Waals surface area contributed by atoms with E-state index in [0.717, 1.165) is 11.1 Å². The molecule has 0 spiro atoms. The van der Waals surface area contributed by atoms with Crippen LogP contribution in [0.3, 0.4) is 0 Å². The van der Waals surface area contributed by atoms with Crippen LogP contribution < -0.4 is 5.32 Å². The van der Waals surface area contributed by atoms with Crippen molar-refractivity contribution in [3.05, 3.63) is 52.5 Å². The van der Waals surface area contributed by atoms with Crippen LogP contribution in [-0.4, -0.2) is 41.4 Å². The summed E-state index contributed by atoms with van der Waals surface area (Å²) in [6.07, 6.45) is 0.353. The van der Waals surface area contributed by atoms with Crippen molar-refractivity contribution < 1.29 is 23.9 Å². The lowest BCUT2D eigenvalue weighted by molar-refractivity contribution is -0.116. The minimum absolute atomic E-state index is 0.0379. The van der Waals surface area contributed by atoms with Crippen LogP contribution in [0.4, 0.5) is 5.69 Å². The van der Waals surface area contributed by atoms with Crippen LogP contribution in [0.2, 0.25) is 0 Å². The quantitative estimate of drug-likeness (QED) is 0.827. The van der Waals surface area contributed by atoms with Gasteiger partial charge in [-0.2, -0.15) is 0 Å². The lowest BCUT2D eigenvalue weighted by Gasteiger charge is -2.16. The molecule has 7 nitrogen and oxygen atoms in total. The molecule has 0 radical (unpaired) electrons. The van der Waals surface area contributed by atoms with E-state index in [0.29, 0.717) is 12.1 Å². The summed E-state index contributed by atoms with van der Waals surface area (Å²) in [6, 6.07) is 6.78. The predicted molar refractivity (Wildman–Crippen MR) is 96.6 cm³/mol. The average Bonchev–Trinajstić information content (AvgIpc) is 3.02. The first kappa shape index (κ1) is 19.2. The van der Waals surface area contributed by atoms with Crippen LogP contribution in [0.1, 0.15) is 44.7 Å². The minimum Gasteiger partial charge on any atom is -0.478 e. The standard InChI is InChI=1S/C19H22N2O5/c1-5-15-13(19(24)25)9-16(26-15)18(23)21(4)10-17(22)20-14-8-6-7-11(2)12(14)3/h6-9H,5,10H2,1-4H3,(H,20,22)(H,24,25). The van der Waals surface area contributed by atoms with Crippen molar-refractivity contribution in [2.75, 3.05) is 18.9 Å². The molecule has 7 heteroatoms. The Morgan fingerprint density at radius 3 is 2.50 bits per heavy atom. The second-order valence-corrected chi connectivity index (χ2v) is 6.06. The van der Waals surface area contributed by atoms with Crippen molar-refractivity contribution in [1.82, 2.24) is 4.90 Å². The van der Waals surface area contributed by atoms with Crippen LogP contribution in [0.15, 0.2) is 28.7 Å². The number of furan rings is 1. The number of nitrogens with zero attached hydrogens (tertiary/aromatic N) is 1. The maximum absolute atomic E-state index is 12.4. The molecule has 0 atom stereocenters. The van der Waals surface area contributed by atoms with Gasteiger partial charge in [0.2, 0.25) is 5.91 Å². The van der Waals surface area contributed by atoms with E-state index in [1.807, 2.05) is 26.0 Å². The van der Waals surface area contributed by atoms with Crippen LogP contribution in [0, 0.1) is 13.8 Å². The van der Waals surface area contributed by atoms with Gasteiger partial charge in [-0.05, 0) is 31.0 Å². The lowest BCUT2D eigenvalue weighted by Crippen LogP contribution is -2.34. The van der Waals surface area contributed by atoms with E-state index in [-0.39, 0.29) is 29.5 Å². The van der Waals surface area contributed by atoms with Gasteiger partial charge in [-0.25, -0.2) is 4.79 Å². The molecule has 0 saturated carbocycles. The number of carbonyl (C=O) groups is 3. The Morgan fingerprint density at radius 1 is 1.23 bits per heavy atom. The first-order valence-electron chi connectivity index (χ1n) is 8.22. The number of aryl methyl sites for hydroxylation is 2. The molecule has 0 aliphatic rings. The number of aromatic carboxylic acids is 1. The highest BCUT2D eigenvalue weighted by Crippen LogP contribution is 2.19. The number of anilines is 1. The fourth-order valence-electron chi connectivity index (χ4n) is 2.53. The fraction of sp³-hybridized carbons (Fsp3) is 0.316. The monoisotopic (exact) mass is 358 g/mol. The van der Waals surface area contributed by atoms with Gasteiger partial charge in [0.15, 0.2) is 5.76 Å². The van der Waals surface area contributed by atoms with E-state index >= 15 is 0 Å². The second kappa shape index (κ2) is 7.86. The van der Waals surface area contributed by atoms with E-state index < -0.39 is 11.9 Å². The number of hydrogen-bond donors (Lipinski definition) is 2. The van der Waals surface area contributed by atoms with Crippen molar-refractivity contribution >= 4 is 23.5 Å². The van der Waals surface area contributed by atoms with E-state index in [2.05, 4.69) is 5.32 Å².